The van der Waals surface area contributed by atoms with Gasteiger partial charge < -0.3 is 15.0 Å². The fourth-order valence-electron chi connectivity index (χ4n) is 4.26. The van der Waals surface area contributed by atoms with Gasteiger partial charge in [-0.1, -0.05) is 36.4 Å². The van der Waals surface area contributed by atoms with Gasteiger partial charge in [-0.2, -0.15) is 0 Å². The lowest BCUT2D eigenvalue weighted by Crippen LogP contribution is -2.30. The van der Waals surface area contributed by atoms with Crippen molar-refractivity contribution in [2.75, 3.05) is 26.2 Å². The lowest BCUT2D eigenvalue weighted by Gasteiger charge is -2.23. The molecule has 148 valence electrons. The van der Waals surface area contributed by atoms with Gasteiger partial charge in [0.15, 0.2) is 0 Å². The molecule has 0 unspecified atom stereocenters. The maximum Gasteiger partial charge on any atom is 0.254 e. The number of nitrogens with zero attached hydrogens (tertiary/aromatic N) is 1. The smallest absolute Gasteiger partial charge is 0.254 e. The lowest BCUT2D eigenvalue weighted by molar-refractivity contribution is 0.0748. The highest BCUT2D eigenvalue weighted by Crippen LogP contribution is 2.25. The molecule has 2 heterocycles. The maximum atomic E-state index is 13.2. The van der Waals surface area contributed by atoms with Crippen molar-refractivity contribution in [3.05, 3.63) is 65.2 Å². The zero-order valence-corrected chi connectivity index (χ0v) is 16.5. The fraction of sp³-hybridized carbons (Fsp3) is 0.458. The molecule has 0 aliphatic carbocycles. The average molecular weight is 379 g/mol. The van der Waals surface area contributed by atoms with Gasteiger partial charge in [0.1, 0.15) is 5.75 Å². The number of aryl methyl sites for hydroxylation is 1. The summed E-state index contributed by atoms with van der Waals surface area (Å²) in [5.41, 5.74) is 3.13. The lowest BCUT2D eigenvalue weighted by atomic mass is 9.95. The molecule has 4 nitrogen and oxygen atoms in total. The van der Waals surface area contributed by atoms with Crippen LogP contribution in [0.2, 0.25) is 0 Å². The minimum atomic E-state index is 0.125. The van der Waals surface area contributed by atoms with Crippen molar-refractivity contribution in [2.24, 2.45) is 5.92 Å². The van der Waals surface area contributed by atoms with Crippen LogP contribution in [0.1, 0.15) is 47.2 Å². The van der Waals surface area contributed by atoms with Crippen molar-refractivity contribution in [1.82, 2.24) is 10.2 Å². The molecule has 2 aromatic rings. The Hall–Kier alpha value is -2.33. The molecule has 2 aromatic carbocycles. The number of ether oxygens (including phenoxy) is 1. The first kappa shape index (κ1) is 19.0. The van der Waals surface area contributed by atoms with E-state index in [2.05, 4.69) is 23.5 Å². The highest BCUT2D eigenvalue weighted by atomic mass is 16.5. The predicted octanol–water partition coefficient (Wildman–Crippen LogP) is 4.04. The normalized spacial score (nSPS) is 17.9. The summed E-state index contributed by atoms with van der Waals surface area (Å²) in [6.45, 7) is 4.43. The van der Waals surface area contributed by atoms with Crippen LogP contribution in [-0.4, -0.2) is 37.0 Å². The molecule has 4 rings (SSSR count). The molecule has 1 saturated heterocycles. The fourth-order valence-corrected chi connectivity index (χ4v) is 4.26. The van der Waals surface area contributed by atoms with E-state index in [9.17, 15) is 4.79 Å². The summed E-state index contributed by atoms with van der Waals surface area (Å²) in [4.78, 5) is 15.2. The first-order valence-corrected chi connectivity index (χ1v) is 10.6. The van der Waals surface area contributed by atoms with E-state index in [1.54, 1.807) is 0 Å². The Labute approximate surface area is 167 Å². The van der Waals surface area contributed by atoms with Gasteiger partial charge in [0.05, 0.1) is 6.61 Å². The Balaban J connectivity index is 1.41. The summed E-state index contributed by atoms with van der Waals surface area (Å²) in [5, 5.41) is 3.41. The van der Waals surface area contributed by atoms with Crippen LogP contribution in [-0.2, 0) is 13.0 Å². The van der Waals surface area contributed by atoms with Gasteiger partial charge in [0.25, 0.3) is 5.91 Å². The summed E-state index contributed by atoms with van der Waals surface area (Å²) in [5.74, 6) is 1.70. The number of fused-ring (bicyclic) bond motifs is 1. The van der Waals surface area contributed by atoms with Gasteiger partial charge in [-0.25, -0.2) is 0 Å². The molecule has 0 bridgehead atoms. The topological polar surface area (TPSA) is 41.6 Å². The van der Waals surface area contributed by atoms with E-state index in [-0.39, 0.29) is 5.91 Å². The van der Waals surface area contributed by atoms with Crippen LogP contribution < -0.4 is 10.1 Å². The van der Waals surface area contributed by atoms with Crippen molar-refractivity contribution in [2.45, 2.75) is 38.6 Å². The predicted molar refractivity (Wildman–Crippen MR) is 112 cm³/mol. The summed E-state index contributed by atoms with van der Waals surface area (Å²) >= 11 is 0. The molecule has 0 saturated carbocycles. The monoisotopic (exact) mass is 378 g/mol. The molecule has 2 aliphatic rings. The summed E-state index contributed by atoms with van der Waals surface area (Å²) in [6.07, 6.45) is 5.51. The number of hydrogen-bond acceptors (Lipinski definition) is 3. The van der Waals surface area contributed by atoms with Gasteiger partial charge in [0.2, 0.25) is 0 Å². The highest BCUT2D eigenvalue weighted by molar-refractivity contribution is 5.96. The number of carbonyl (C=O) groups is 1. The molecule has 2 aliphatic heterocycles. The zero-order chi connectivity index (χ0) is 19.2. The first-order valence-electron chi connectivity index (χ1n) is 10.6. The SMILES string of the molecule is O=C1c2cc(OCCC3CCNCC3)ccc2CCCN1Cc1ccccc1. The van der Waals surface area contributed by atoms with Gasteiger partial charge in [-0.05, 0) is 74.4 Å². The van der Waals surface area contributed by atoms with Gasteiger partial charge in [-0.15, -0.1) is 0 Å². The molecule has 1 amide bonds. The van der Waals surface area contributed by atoms with Crippen LogP contribution in [0.4, 0.5) is 0 Å². The van der Waals surface area contributed by atoms with Crippen molar-refractivity contribution in [1.29, 1.82) is 0 Å². The minimum Gasteiger partial charge on any atom is -0.494 e. The van der Waals surface area contributed by atoms with E-state index in [4.69, 9.17) is 4.74 Å². The van der Waals surface area contributed by atoms with Crippen LogP contribution in [0, 0.1) is 5.92 Å². The minimum absolute atomic E-state index is 0.125. The van der Waals surface area contributed by atoms with E-state index in [0.29, 0.717) is 6.54 Å². The third kappa shape index (κ3) is 4.74. The number of hydrogen-bond donors (Lipinski definition) is 1. The molecule has 0 spiro atoms. The van der Waals surface area contributed by atoms with Crippen LogP contribution >= 0.6 is 0 Å². The number of piperidine rings is 1. The molecule has 0 atom stereocenters. The van der Waals surface area contributed by atoms with Crippen molar-refractivity contribution < 1.29 is 9.53 Å². The van der Waals surface area contributed by atoms with E-state index < -0.39 is 0 Å². The zero-order valence-electron chi connectivity index (χ0n) is 16.5. The third-order valence-electron chi connectivity index (χ3n) is 5.94. The molecule has 4 heteroatoms. The Morgan fingerprint density at radius 1 is 1.07 bits per heavy atom. The molecular weight excluding hydrogens is 348 g/mol. The molecular formula is C24H30N2O2. The van der Waals surface area contributed by atoms with E-state index in [1.807, 2.05) is 35.2 Å². The quantitative estimate of drug-likeness (QED) is 0.825. The van der Waals surface area contributed by atoms with Gasteiger partial charge >= 0.3 is 0 Å². The van der Waals surface area contributed by atoms with Crippen molar-refractivity contribution >= 4 is 5.91 Å². The summed E-state index contributed by atoms with van der Waals surface area (Å²) in [7, 11) is 0. The second-order valence-corrected chi connectivity index (χ2v) is 7.97. The molecule has 1 fully saturated rings. The number of amides is 1. The van der Waals surface area contributed by atoms with Crippen LogP contribution in [0.25, 0.3) is 0 Å². The Bertz CT molecular complexity index is 784. The van der Waals surface area contributed by atoms with E-state index in [1.165, 1.54) is 18.4 Å². The molecule has 28 heavy (non-hydrogen) atoms. The molecule has 0 aromatic heterocycles. The van der Waals surface area contributed by atoms with Crippen molar-refractivity contribution in [3.8, 4) is 5.75 Å². The number of nitrogens with one attached hydrogen (secondary N) is 1. The average Bonchev–Trinajstić information content (AvgIpc) is 2.89. The first-order chi connectivity index (χ1) is 13.8. The second kappa shape index (κ2) is 9.24. The Morgan fingerprint density at radius 3 is 2.71 bits per heavy atom. The van der Waals surface area contributed by atoms with Gasteiger partial charge in [-0.3, -0.25) is 4.79 Å². The summed E-state index contributed by atoms with van der Waals surface area (Å²) < 4.78 is 6.03. The standard InChI is InChI=1S/C24H30N2O2/c27-24-23-17-22(28-16-12-19-10-13-25-14-11-19)9-8-21(23)7-4-15-26(24)18-20-5-2-1-3-6-20/h1-3,5-6,8-9,17,19,25H,4,7,10-16,18H2. The summed E-state index contributed by atoms with van der Waals surface area (Å²) in [6, 6.07) is 16.3. The Kier molecular flexibility index (Phi) is 6.27. The number of rotatable bonds is 6. The van der Waals surface area contributed by atoms with Crippen LogP contribution in [0.5, 0.6) is 5.75 Å². The van der Waals surface area contributed by atoms with Crippen molar-refractivity contribution in [3.63, 3.8) is 0 Å². The van der Waals surface area contributed by atoms with Crippen LogP contribution in [0.3, 0.4) is 0 Å². The van der Waals surface area contributed by atoms with E-state index >= 15 is 0 Å². The highest BCUT2D eigenvalue weighted by Gasteiger charge is 2.23. The third-order valence-corrected chi connectivity index (χ3v) is 5.94. The van der Waals surface area contributed by atoms with Gasteiger partial charge in [0, 0.05) is 18.7 Å². The maximum absolute atomic E-state index is 13.2. The number of benzene rings is 2. The Morgan fingerprint density at radius 2 is 1.89 bits per heavy atom. The molecule has 0 radical (unpaired) electrons. The number of carbonyl (C=O) groups excluding carboxylic acids is 1. The molecule has 1 N–H and O–H groups in total. The van der Waals surface area contributed by atoms with E-state index in [0.717, 1.165) is 68.3 Å². The largest absolute Gasteiger partial charge is 0.494 e. The van der Waals surface area contributed by atoms with Crippen LogP contribution in [0.15, 0.2) is 48.5 Å². The second-order valence-electron chi connectivity index (χ2n) is 7.97.